The molecular weight excluding hydrogens is 176 g/mol. The molecule has 0 fully saturated rings. The minimum atomic E-state index is -0.219. The van der Waals surface area contributed by atoms with E-state index >= 15 is 0 Å². The van der Waals surface area contributed by atoms with E-state index in [1.807, 2.05) is 19.2 Å². The molecule has 0 aliphatic rings. The van der Waals surface area contributed by atoms with E-state index in [2.05, 4.69) is 16.4 Å². The molecule has 0 saturated carbocycles. The van der Waals surface area contributed by atoms with Crippen LogP contribution in [0.2, 0.25) is 0 Å². The lowest BCUT2D eigenvalue weighted by molar-refractivity contribution is 0.168. The van der Waals surface area contributed by atoms with Crippen LogP contribution in [0.5, 0.6) is 0 Å². The second kappa shape index (κ2) is 6.51. The first-order valence-corrected chi connectivity index (χ1v) is 5.10. The van der Waals surface area contributed by atoms with Gasteiger partial charge in [0.05, 0.1) is 6.10 Å². The molecular formula is C11H18N2O. The number of hydrogen-bond acceptors (Lipinski definition) is 3. The van der Waals surface area contributed by atoms with Crippen LogP contribution in [0.1, 0.15) is 18.9 Å². The molecule has 1 heterocycles. The standard InChI is InChI=1S/C11H18N2O/c1-2-11(14)9-13-7-5-10-4-3-6-12-8-10/h3-4,6,8,11,13-14H,2,5,7,9H2,1H3. The van der Waals surface area contributed by atoms with Gasteiger partial charge in [-0.3, -0.25) is 4.98 Å². The number of aromatic nitrogens is 1. The summed E-state index contributed by atoms with van der Waals surface area (Å²) in [5.41, 5.74) is 1.23. The molecule has 0 aliphatic carbocycles. The molecule has 1 unspecified atom stereocenters. The highest BCUT2D eigenvalue weighted by molar-refractivity contribution is 5.08. The highest BCUT2D eigenvalue weighted by Gasteiger charge is 1.98. The Kier molecular flexibility index (Phi) is 5.19. The van der Waals surface area contributed by atoms with E-state index in [0.29, 0.717) is 6.54 Å². The van der Waals surface area contributed by atoms with Gasteiger partial charge in [0, 0.05) is 18.9 Å². The maximum absolute atomic E-state index is 9.28. The third-order valence-electron chi connectivity index (χ3n) is 2.16. The van der Waals surface area contributed by atoms with Crippen LogP contribution in [0.3, 0.4) is 0 Å². The van der Waals surface area contributed by atoms with Gasteiger partial charge < -0.3 is 10.4 Å². The van der Waals surface area contributed by atoms with Crippen molar-refractivity contribution in [3.8, 4) is 0 Å². The van der Waals surface area contributed by atoms with Gasteiger partial charge in [-0.05, 0) is 31.0 Å². The number of aliphatic hydroxyl groups excluding tert-OH is 1. The molecule has 0 aliphatic heterocycles. The topological polar surface area (TPSA) is 45.1 Å². The number of rotatable bonds is 6. The van der Waals surface area contributed by atoms with Gasteiger partial charge >= 0.3 is 0 Å². The van der Waals surface area contributed by atoms with Crippen molar-refractivity contribution < 1.29 is 5.11 Å². The molecule has 3 heteroatoms. The number of nitrogens with one attached hydrogen (secondary N) is 1. The van der Waals surface area contributed by atoms with Gasteiger partial charge in [-0.2, -0.15) is 0 Å². The fourth-order valence-electron chi connectivity index (χ4n) is 1.19. The Balaban J connectivity index is 2.10. The van der Waals surface area contributed by atoms with Gasteiger partial charge in [0.1, 0.15) is 0 Å². The molecule has 1 aromatic heterocycles. The van der Waals surface area contributed by atoms with Gasteiger partial charge in [-0.15, -0.1) is 0 Å². The Labute approximate surface area is 85.2 Å². The van der Waals surface area contributed by atoms with E-state index < -0.39 is 0 Å². The lowest BCUT2D eigenvalue weighted by atomic mass is 10.2. The Morgan fingerprint density at radius 3 is 3.07 bits per heavy atom. The highest BCUT2D eigenvalue weighted by Crippen LogP contribution is 1.95. The summed E-state index contributed by atoms with van der Waals surface area (Å²) in [6.07, 6.45) is 5.20. The maximum atomic E-state index is 9.28. The minimum Gasteiger partial charge on any atom is -0.392 e. The molecule has 2 N–H and O–H groups in total. The summed E-state index contributed by atoms with van der Waals surface area (Å²) in [5.74, 6) is 0. The summed E-state index contributed by atoms with van der Waals surface area (Å²) < 4.78 is 0. The monoisotopic (exact) mass is 194 g/mol. The summed E-state index contributed by atoms with van der Waals surface area (Å²) >= 11 is 0. The van der Waals surface area contributed by atoms with E-state index in [1.54, 1.807) is 6.20 Å². The van der Waals surface area contributed by atoms with Crippen LogP contribution in [0.4, 0.5) is 0 Å². The summed E-state index contributed by atoms with van der Waals surface area (Å²) in [7, 11) is 0. The number of pyridine rings is 1. The summed E-state index contributed by atoms with van der Waals surface area (Å²) in [5, 5.41) is 12.5. The van der Waals surface area contributed by atoms with Crippen molar-refractivity contribution in [2.24, 2.45) is 0 Å². The zero-order valence-corrected chi connectivity index (χ0v) is 8.61. The zero-order valence-electron chi connectivity index (χ0n) is 8.61. The Hall–Kier alpha value is -0.930. The molecule has 14 heavy (non-hydrogen) atoms. The maximum Gasteiger partial charge on any atom is 0.0662 e. The van der Waals surface area contributed by atoms with Crippen molar-refractivity contribution >= 4 is 0 Å². The highest BCUT2D eigenvalue weighted by atomic mass is 16.3. The van der Waals surface area contributed by atoms with Crippen molar-refractivity contribution in [2.45, 2.75) is 25.9 Å². The third-order valence-corrected chi connectivity index (χ3v) is 2.16. The van der Waals surface area contributed by atoms with Crippen LogP contribution >= 0.6 is 0 Å². The normalized spacial score (nSPS) is 12.7. The zero-order chi connectivity index (χ0) is 10.2. The first-order chi connectivity index (χ1) is 6.83. The van der Waals surface area contributed by atoms with Crippen LogP contribution in [0.15, 0.2) is 24.5 Å². The lowest BCUT2D eigenvalue weighted by Crippen LogP contribution is -2.27. The minimum absolute atomic E-state index is 0.219. The smallest absolute Gasteiger partial charge is 0.0662 e. The predicted molar refractivity (Wildman–Crippen MR) is 57.1 cm³/mol. The summed E-state index contributed by atoms with van der Waals surface area (Å²) in [4.78, 5) is 4.04. The van der Waals surface area contributed by atoms with Crippen LogP contribution in [0, 0.1) is 0 Å². The van der Waals surface area contributed by atoms with Crippen molar-refractivity contribution in [1.82, 2.24) is 10.3 Å². The van der Waals surface area contributed by atoms with Gasteiger partial charge in [0.15, 0.2) is 0 Å². The lowest BCUT2D eigenvalue weighted by Gasteiger charge is -2.08. The largest absolute Gasteiger partial charge is 0.392 e. The van der Waals surface area contributed by atoms with E-state index in [1.165, 1.54) is 5.56 Å². The van der Waals surface area contributed by atoms with Gasteiger partial charge in [0.2, 0.25) is 0 Å². The van der Waals surface area contributed by atoms with E-state index in [-0.39, 0.29) is 6.10 Å². The van der Waals surface area contributed by atoms with Crippen molar-refractivity contribution in [1.29, 1.82) is 0 Å². The second-order valence-corrected chi connectivity index (χ2v) is 3.38. The van der Waals surface area contributed by atoms with Crippen molar-refractivity contribution in [3.63, 3.8) is 0 Å². The van der Waals surface area contributed by atoms with E-state index in [9.17, 15) is 5.11 Å². The molecule has 0 amide bonds. The molecule has 0 spiro atoms. The first kappa shape index (κ1) is 11.1. The van der Waals surface area contributed by atoms with Crippen molar-refractivity contribution in [3.05, 3.63) is 30.1 Å². The summed E-state index contributed by atoms with van der Waals surface area (Å²) in [6.45, 7) is 3.55. The van der Waals surface area contributed by atoms with Crippen LogP contribution in [0.25, 0.3) is 0 Å². The van der Waals surface area contributed by atoms with Crippen molar-refractivity contribution in [2.75, 3.05) is 13.1 Å². The van der Waals surface area contributed by atoms with Crippen LogP contribution < -0.4 is 5.32 Å². The van der Waals surface area contributed by atoms with Crippen LogP contribution in [-0.2, 0) is 6.42 Å². The number of nitrogens with zero attached hydrogens (tertiary/aromatic N) is 1. The molecule has 78 valence electrons. The fourth-order valence-corrected chi connectivity index (χ4v) is 1.19. The quantitative estimate of drug-likeness (QED) is 0.664. The molecule has 0 bridgehead atoms. The van der Waals surface area contributed by atoms with Gasteiger partial charge in [-0.1, -0.05) is 13.0 Å². The van der Waals surface area contributed by atoms with E-state index in [0.717, 1.165) is 19.4 Å². The molecule has 1 rings (SSSR count). The summed E-state index contributed by atoms with van der Waals surface area (Å²) in [6, 6.07) is 4.00. The van der Waals surface area contributed by atoms with Gasteiger partial charge in [-0.25, -0.2) is 0 Å². The Morgan fingerprint density at radius 2 is 2.43 bits per heavy atom. The average Bonchev–Trinajstić information content (AvgIpc) is 2.25. The average molecular weight is 194 g/mol. The first-order valence-electron chi connectivity index (χ1n) is 5.10. The Bertz CT molecular complexity index is 238. The molecule has 0 saturated heterocycles. The molecule has 0 aromatic carbocycles. The van der Waals surface area contributed by atoms with Gasteiger partial charge in [0.25, 0.3) is 0 Å². The number of aliphatic hydroxyl groups is 1. The fraction of sp³-hybridized carbons (Fsp3) is 0.545. The number of hydrogen-bond donors (Lipinski definition) is 2. The Morgan fingerprint density at radius 1 is 1.57 bits per heavy atom. The SMILES string of the molecule is CCC(O)CNCCc1cccnc1. The molecule has 1 aromatic rings. The third kappa shape index (κ3) is 4.35. The second-order valence-electron chi connectivity index (χ2n) is 3.38. The van der Waals surface area contributed by atoms with Crippen LogP contribution in [-0.4, -0.2) is 29.3 Å². The van der Waals surface area contributed by atoms with E-state index in [4.69, 9.17) is 0 Å². The molecule has 3 nitrogen and oxygen atoms in total. The predicted octanol–water partition coefficient (Wildman–Crippen LogP) is 0.985. The molecule has 1 atom stereocenters. The molecule has 0 radical (unpaired) electrons.